The molecule has 1 N–H and O–H groups in total. The predicted molar refractivity (Wildman–Crippen MR) is 75.2 cm³/mol. The fraction of sp³-hybridized carbons (Fsp3) is 0. The Balaban J connectivity index is 2.33. The first-order valence-electron chi connectivity index (χ1n) is 5.31. The van der Waals surface area contributed by atoms with Gasteiger partial charge in [-0.1, -0.05) is 15.9 Å². The van der Waals surface area contributed by atoms with E-state index in [1.54, 1.807) is 0 Å². The number of rotatable bonds is 3. The van der Waals surface area contributed by atoms with Crippen LogP contribution in [0, 0.1) is 21.4 Å². The molecule has 0 aliphatic rings. The minimum Gasteiger partial charge on any atom is -0.354 e. The molecule has 0 fully saturated rings. The second kappa shape index (κ2) is 5.50. The molecule has 0 unspecified atom stereocenters. The lowest BCUT2D eigenvalue weighted by molar-refractivity contribution is -0.384. The minimum atomic E-state index is -0.524. The lowest BCUT2D eigenvalue weighted by Gasteiger charge is -2.08. The molecule has 5 nitrogen and oxygen atoms in total. The Hall–Kier alpha value is -2.39. The largest absolute Gasteiger partial charge is 0.354 e. The second-order valence-corrected chi connectivity index (χ2v) is 4.65. The molecule has 0 bridgehead atoms. The van der Waals surface area contributed by atoms with E-state index < -0.39 is 4.92 Å². The number of nitrogens with one attached hydrogen (secondary N) is 1. The standard InChI is InChI=1S/C13H8BrN3O2/c14-10-1-3-11(4-2-10)16-13-6-5-12(17(18)19)7-9(13)8-15/h1-7,16H. The van der Waals surface area contributed by atoms with Gasteiger partial charge in [0.15, 0.2) is 0 Å². The van der Waals surface area contributed by atoms with Crippen molar-refractivity contribution < 1.29 is 4.92 Å². The van der Waals surface area contributed by atoms with Gasteiger partial charge in [-0.15, -0.1) is 0 Å². The molecule has 0 heterocycles. The van der Waals surface area contributed by atoms with Crippen molar-refractivity contribution in [2.75, 3.05) is 5.32 Å². The zero-order valence-electron chi connectivity index (χ0n) is 9.63. The Labute approximate surface area is 117 Å². The molecule has 0 radical (unpaired) electrons. The highest BCUT2D eigenvalue weighted by molar-refractivity contribution is 9.10. The first kappa shape index (κ1) is 13.1. The van der Waals surface area contributed by atoms with Gasteiger partial charge in [0.2, 0.25) is 0 Å². The lowest BCUT2D eigenvalue weighted by atomic mass is 10.1. The Morgan fingerprint density at radius 2 is 1.89 bits per heavy atom. The van der Waals surface area contributed by atoms with Crippen LogP contribution in [-0.2, 0) is 0 Å². The maximum absolute atomic E-state index is 10.6. The topological polar surface area (TPSA) is 79.0 Å². The molecule has 6 heteroatoms. The Morgan fingerprint density at radius 3 is 2.47 bits per heavy atom. The number of nitrogens with zero attached hydrogens (tertiary/aromatic N) is 2. The van der Waals surface area contributed by atoms with Crippen LogP contribution >= 0.6 is 15.9 Å². The van der Waals surface area contributed by atoms with Crippen molar-refractivity contribution in [2.24, 2.45) is 0 Å². The number of benzene rings is 2. The van der Waals surface area contributed by atoms with E-state index in [9.17, 15) is 10.1 Å². The number of non-ortho nitro benzene ring substituents is 1. The van der Waals surface area contributed by atoms with E-state index in [4.69, 9.17) is 5.26 Å². The molecular weight excluding hydrogens is 310 g/mol. The number of nitro groups is 1. The Kier molecular flexibility index (Phi) is 3.78. The second-order valence-electron chi connectivity index (χ2n) is 3.73. The molecule has 2 rings (SSSR count). The normalized spacial score (nSPS) is 9.68. The summed E-state index contributed by atoms with van der Waals surface area (Å²) in [4.78, 5) is 10.1. The average Bonchev–Trinajstić information content (AvgIpc) is 2.41. The molecule has 0 saturated heterocycles. The lowest BCUT2D eigenvalue weighted by Crippen LogP contribution is -1.95. The summed E-state index contributed by atoms with van der Waals surface area (Å²) < 4.78 is 0.947. The number of nitriles is 1. The Morgan fingerprint density at radius 1 is 1.21 bits per heavy atom. The van der Waals surface area contributed by atoms with Crippen molar-refractivity contribution in [2.45, 2.75) is 0 Å². The van der Waals surface area contributed by atoms with Gasteiger partial charge in [-0.25, -0.2) is 0 Å². The summed E-state index contributed by atoms with van der Waals surface area (Å²) in [5.41, 5.74) is 1.47. The summed E-state index contributed by atoms with van der Waals surface area (Å²) in [5.74, 6) is 0. The van der Waals surface area contributed by atoms with Crippen LogP contribution in [0.4, 0.5) is 17.1 Å². The van der Waals surface area contributed by atoms with Crippen LogP contribution in [0.1, 0.15) is 5.56 Å². The molecule has 0 amide bonds. The monoisotopic (exact) mass is 317 g/mol. The van der Waals surface area contributed by atoms with Crippen LogP contribution in [0.2, 0.25) is 0 Å². The van der Waals surface area contributed by atoms with Crippen LogP contribution in [0.15, 0.2) is 46.9 Å². The average molecular weight is 318 g/mol. The van der Waals surface area contributed by atoms with Gasteiger partial charge in [0.25, 0.3) is 5.69 Å². The summed E-state index contributed by atoms with van der Waals surface area (Å²) in [6.45, 7) is 0. The van der Waals surface area contributed by atoms with E-state index in [-0.39, 0.29) is 11.3 Å². The highest BCUT2D eigenvalue weighted by Gasteiger charge is 2.10. The molecule has 0 saturated carbocycles. The molecule has 19 heavy (non-hydrogen) atoms. The van der Waals surface area contributed by atoms with Crippen molar-refractivity contribution in [1.82, 2.24) is 0 Å². The molecule has 0 aromatic heterocycles. The first-order chi connectivity index (χ1) is 9.10. The van der Waals surface area contributed by atoms with Crippen molar-refractivity contribution in [3.8, 4) is 6.07 Å². The van der Waals surface area contributed by atoms with Gasteiger partial charge in [-0.2, -0.15) is 5.26 Å². The van der Waals surface area contributed by atoms with Crippen molar-refractivity contribution in [3.05, 3.63) is 62.6 Å². The highest BCUT2D eigenvalue weighted by Crippen LogP contribution is 2.25. The van der Waals surface area contributed by atoms with Crippen LogP contribution < -0.4 is 5.32 Å². The summed E-state index contributed by atoms with van der Waals surface area (Å²) in [6, 6.07) is 13.5. The molecule has 0 aliphatic carbocycles. The summed E-state index contributed by atoms with van der Waals surface area (Å²) in [7, 11) is 0. The van der Waals surface area contributed by atoms with Crippen molar-refractivity contribution in [3.63, 3.8) is 0 Å². The molecule has 2 aromatic carbocycles. The van der Waals surface area contributed by atoms with E-state index in [1.807, 2.05) is 30.3 Å². The van der Waals surface area contributed by atoms with E-state index in [1.165, 1.54) is 18.2 Å². The zero-order valence-corrected chi connectivity index (χ0v) is 11.2. The maximum Gasteiger partial charge on any atom is 0.270 e. The number of nitro benzene ring substituents is 1. The summed E-state index contributed by atoms with van der Waals surface area (Å²) >= 11 is 3.33. The zero-order chi connectivity index (χ0) is 13.8. The third-order valence-electron chi connectivity index (χ3n) is 2.46. The first-order valence-corrected chi connectivity index (χ1v) is 6.10. The van der Waals surface area contributed by atoms with Gasteiger partial charge in [0.05, 0.1) is 16.2 Å². The van der Waals surface area contributed by atoms with E-state index in [0.717, 1.165) is 10.2 Å². The summed E-state index contributed by atoms with van der Waals surface area (Å²) in [6.07, 6.45) is 0. The van der Waals surface area contributed by atoms with Crippen molar-refractivity contribution in [1.29, 1.82) is 5.26 Å². The Bertz CT molecular complexity index is 663. The number of anilines is 2. The smallest absolute Gasteiger partial charge is 0.270 e. The molecule has 2 aromatic rings. The fourth-order valence-corrected chi connectivity index (χ4v) is 1.80. The molecule has 0 spiro atoms. The number of halogens is 1. The number of hydrogen-bond donors (Lipinski definition) is 1. The summed E-state index contributed by atoms with van der Waals surface area (Å²) in [5, 5.41) is 22.7. The third-order valence-corrected chi connectivity index (χ3v) is 2.99. The van der Waals surface area contributed by atoms with Gasteiger partial charge >= 0.3 is 0 Å². The van der Waals surface area contributed by atoms with Crippen LogP contribution in [0.25, 0.3) is 0 Å². The van der Waals surface area contributed by atoms with Gasteiger partial charge in [-0.3, -0.25) is 10.1 Å². The van der Waals surface area contributed by atoms with Gasteiger partial charge in [-0.05, 0) is 30.3 Å². The van der Waals surface area contributed by atoms with Gasteiger partial charge in [0.1, 0.15) is 6.07 Å². The SMILES string of the molecule is N#Cc1cc([N+](=O)[O-])ccc1Nc1ccc(Br)cc1. The van der Waals surface area contributed by atoms with Gasteiger partial charge in [0, 0.05) is 22.3 Å². The predicted octanol–water partition coefficient (Wildman–Crippen LogP) is 3.97. The van der Waals surface area contributed by atoms with Gasteiger partial charge < -0.3 is 5.32 Å². The molecule has 0 aliphatic heterocycles. The quantitative estimate of drug-likeness (QED) is 0.686. The molecule has 0 atom stereocenters. The number of hydrogen-bond acceptors (Lipinski definition) is 4. The van der Waals surface area contributed by atoms with Crippen molar-refractivity contribution >= 4 is 33.0 Å². The van der Waals surface area contributed by atoms with Crippen LogP contribution in [0.5, 0.6) is 0 Å². The van der Waals surface area contributed by atoms with E-state index in [2.05, 4.69) is 21.2 Å². The minimum absolute atomic E-state index is 0.0992. The third kappa shape index (κ3) is 3.09. The van der Waals surface area contributed by atoms with Crippen LogP contribution in [0.3, 0.4) is 0 Å². The fourth-order valence-electron chi connectivity index (χ4n) is 1.54. The molecule has 94 valence electrons. The molecular formula is C13H8BrN3O2. The maximum atomic E-state index is 10.6. The van der Waals surface area contributed by atoms with E-state index in [0.29, 0.717) is 5.69 Å². The van der Waals surface area contributed by atoms with Crippen LogP contribution in [-0.4, -0.2) is 4.92 Å². The van der Waals surface area contributed by atoms with E-state index >= 15 is 0 Å². The highest BCUT2D eigenvalue weighted by atomic mass is 79.9.